The van der Waals surface area contributed by atoms with Gasteiger partial charge in [0.05, 0.1) is 7.11 Å². The van der Waals surface area contributed by atoms with Crippen molar-refractivity contribution in [3.05, 3.63) is 24.3 Å². The first-order chi connectivity index (χ1) is 7.38. The summed E-state index contributed by atoms with van der Waals surface area (Å²) in [6, 6.07) is 8.35. The van der Waals surface area contributed by atoms with Crippen LogP contribution in [-0.2, 0) is 0 Å². The Balaban J connectivity index is 2.30. The van der Waals surface area contributed by atoms with Crippen molar-refractivity contribution in [2.24, 2.45) is 0 Å². The molecular formula is C13H21OP. The molecule has 0 aromatic heterocycles. The molecule has 1 nitrogen and oxygen atoms in total. The molecule has 0 radical (unpaired) electrons. The van der Waals surface area contributed by atoms with E-state index in [-0.39, 0.29) is 0 Å². The van der Waals surface area contributed by atoms with E-state index in [0.29, 0.717) is 0 Å². The molecule has 1 aromatic rings. The number of benzene rings is 1. The zero-order valence-electron chi connectivity index (χ0n) is 9.75. The van der Waals surface area contributed by atoms with Crippen molar-refractivity contribution in [1.82, 2.24) is 0 Å². The highest BCUT2D eigenvalue weighted by atomic mass is 31.1. The Morgan fingerprint density at radius 3 is 2.67 bits per heavy atom. The first kappa shape index (κ1) is 12.5. The SMILES string of the molecule is CCCCCCPc1ccccc1OC. The van der Waals surface area contributed by atoms with Crippen molar-refractivity contribution in [2.45, 2.75) is 32.6 Å². The van der Waals surface area contributed by atoms with E-state index in [2.05, 4.69) is 19.1 Å². The summed E-state index contributed by atoms with van der Waals surface area (Å²) in [4.78, 5) is 0. The Hall–Kier alpha value is -0.550. The molecule has 1 unspecified atom stereocenters. The third-order valence-corrected chi connectivity index (χ3v) is 3.85. The molecule has 0 aliphatic rings. The lowest BCUT2D eigenvalue weighted by Crippen LogP contribution is -2.01. The van der Waals surface area contributed by atoms with Gasteiger partial charge in [0.15, 0.2) is 0 Å². The summed E-state index contributed by atoms with van der Waals surface area (Å²) in [7, 11) is 2.65. The highest BCUT2D eigenvalue weighted by molar-refractivity contribution is 7.47. The fourth-order valence-corrected chi connectivity index (χ4v) is 2.84. The zero-order valence-corrected chi connectivity index (χ0v) is 10.8. The first-order valence-corrected chi connectivity index (χ1v) is 6.96. The Morgan fingerprint density at radius 1 is 1.13 bits per heavy atom. The van der Waals surface area contributed by atoms with Crippen LogP contribution in [0.15, 0.2) is 24.3 Å². The molecular weight excluding hydrogens is 203 g/mol. The van der Waals surface area contributed by atoms with Crippen LogP contribution in [0.5, 0.6) is 5.75 Å². The summed E-state index contributed by atoms with van der Waals surface area (Å²) in [5.41, 5.74) is 0. The molecule has 0 amide bonds. The van der Waals surface area contributed by atoms with E-state index in [9.17, 15) is 0 Å². The van der Waals surface area contributed by atoms with Crippen molar-refractivity contribution in [3.63, 3.8) is 0 Å². The molecule has 0 aliphatic carbocycles. The molecule has 0 bridgehead atoms. The van der Waals surface area contributed by atoms with Gasteiger partial charge in [-0.25, -0.2) is 0 Å². The first-order valence-electron chi connectivity index (χ1n) is 5.75. The van der Waals surface area contributed by atoms with E-state index >= 15 is 0 Å². The lowest BCUT2D eigenvalue weighted by atomic mass is 10.2. The van der Waals surface area contributed by atoms with Gasteiger partial charge in [-0.05, 0) is 18.6 Å². The summed E-state index contributed by atoms with van der Waals surface area (Å²) in [6.07, 6.45) is 6.72. The maximum atomic E-state index is 5.33. The molecule has 84 valence electrons. The van der Waals surface area contributed by atoms with E-state index in [1.165, 1.54) is 37.1 Å². The normalized spacial score (nSPS) is 11.1. The Morgan fingerprint density at radius 2 is 1.93 bits per heavy atom. The molecule has 2 heteroatoms. The molecule has 15 heavy (non-hydrogen) atoms. The van der Waals surface area contributed by atoms with Crippen LogP contribution >= 0.6 is 8.58 Å². The zero-order chi connectivity index (χ0) is 10.9. The number of methoxy groups -OCH3 is 1. The monoisotopic (exact) mass is 224 g/mol. The van der Waals surface area contributed by atoms with E-state index in [4.69, 9.17) is 4.74 Å². The van der Waals surface area contributed by atoms with Crippen molar-refractivity contribution >= 4 is 13.9 Å². The van der Waals surface area contributed by atoms with Gasteiger partial charge >= 0.3 is 0 Å². The standard InChI is InChI=1S/C13H21OP/c1-3-4-5-8-11-15-13-10-7-6-9-12(13)14-2/h6-7,9-10,15H,3-5,8,11H2,1-2H3. The smallest absolute Gasteiger partial charge is 0.126 e. The van der Waals surface area contributed by atoms with Gasteiger partial charge < -0.3 is 4.74 Å². The summed E-state index contributed by atoms with van der Waals surface area (Å²) < 4.78 is 5.33. The van der Waals surface area contributed by atoms with Gasteiger partial charge in [0, 0.05) is 5.30 Å². The minimum atomic E-state index is 0.896. The number of ether oxygens (including phenoxy) is 1. The van der Waals surface area contributed by atoms with Gasteiger partial charge in [-0.1, -0.05) is 53.0 Å². The number of hydrogen-bond acceptors (Lipinski definition) is 1. The van der Waals surface area contributed by atoms with Gasteiger partial charge in [0.25, 0.3) is 0 Å². The molecule has 1 aromatic carbocycles. The molecule has 0 N–H and O–H groups in total. The van der Waals surface area contributed by atoms with Crippen LogP contribution in [0, 0.1) is 0 Å². The van der Waals surface area contributed by atoms with Crippen LogP contribution < -0.4 is 10.0 Å². The van der Waals surface area contributed by atoms with Crippen LogP contribution in [0.2, 0.25) is 0 Å². The van der Waals surface area contributed by atoms with Crippen molar-refractivity contribution in [3.8, 4) is 5.75 Å². The fraction of sp³-hybridized carbons (Fsp3) is 0.538. The summed E-state index contributed by atoms with van der Waals surface area (Å²) >= 11 is 0. The highest BCUT2D eigenvalue weighted by Gasteiger charge is 2.00. The van der Waals surface area contributed by atoms with Crippen LogP contribution in [0.4, 0.5) is 0 Å². The number of unbranched alkanes of at least 4 members (excludes halogenated alkanes) is 3. The average Bonchev–Trinajstić information content (AvgIpc) is 2.29. The molecule has 1 rings (SSSR count). The van der Waals surface area contributed by atoms with Crippen LogP contribution in [0.25, 0.3) is 0 Å². The predicted molar refractivity (Wildman–Crippen MR) is 70.0 cm³/mol. The third kappa shape index (κ3) is 4.66. The minimum Gasteiger partial charge on any atom is -0.496 e. The van der Waals surface area contributed by atoms with Crippen molar-refractivity contribution in [2.75, 3.05) is 13.3 Å². The number of para-hydroxylation sites is 1. The van der Waals surface area contributed by atoms with Crippen LogP contribution in [0.3, 0.4) is 0 Å². The summed E-state index contributed by atoms with van der Waals surface area (Å²) in [5, 5.41) is 1.37. The topological polar surface area (TPSA) is 9.23 Å². The maximum absolute atomic E-state index is 5.33. The highest BCUT2D eigenvalue weighted by Crippen LogP contribution is 2.20. The number of rotatable bonds is 7. The average molecular weight is 224 g/mol. The van der Waals surface area contributed by atoms with Crippen LogP contribution in [-0.4, -0.2) is 13.3 Å². The van der Waals surface area contributed by atoms with Gasteiger partial charge in [0.1, 0.15) is 5.75 Å². The van der Waals surface area contributed by atoms with E-state index in [1.54, 1.807) is 7.11 Å². The van der Waals surface area contributed by atoms with E-state index in [0.717, 1.165) is 14.3 Å². The predicted octanol–water partition coefficient (Wildman–Crippen LogP) is 3.58. The Kier molecular flexibility index (Phi) is 6.43. The lowest BCUT2D eigenvalue weighted by Gasteiger charge is -2.07. The maximum Gasteiger partial charge on any atom is 0.126 e. The van der Waals surface area contributed by atoms with Gasteiger partial charge in [-0.15, -0.1) is 0 Å². The third-order valence-electron chi connectivity index (χ3n) is 2.45. The quantitative estimate of drug-likeness (QED) is 0.508. The molecule has 0 aliphatic heterocycles. The molecule has 0 spiro atoms. The Bertz CT molecular complexity index is 273. The van der Waals surface area contributed by atoms with Crippen molar-refractivity contribution < 1.29 is 4.74 Å². The lowest BCUT2D eigenvalue weighted by molar-refractivity contribution is 0.418. The molecule has 0 saturated carbocycles. The second-order valence-corrected chi connectivity index (χ2v) is 5.08. The largest absolute Gasteiger partial charge is 0.496 e. The molecule has 1 atom stereocenters. The summed E-state index contributed by atoms with van der Waals surface area (Å²) in [5.74, 6) is 1.05. The molecule has 0 fully saturated rings. The summed E-state index contributed by atoms with van der Waals surface area (Å²) in [6.45, 7) is 2.25. The van der Waals surface area contributed by atoms with Crippen molar-refractivity contribution in [1.29, 1.82) is 0 Å². The number of hydrogen-bond donors (Lipinski definition) is 0. The van der Waals surface area contributed by atoms with E-state index < -0.39 is 0 Å². The second kappa shape index (κ2) is 7.70. The fourth-order valence-electron chi connectivity index (χ4n) is 1.57. The molecule has 0 saturated heterocycles. The second-order valence-electron chi connectivity index (χ2n) is 3.69. The Labute approximate surface area is 95.0 Å². The van der Waals surface area contributed by atoms with Gasteiger partial charge in [0.2, 0.25) is 0 Å². The van der Waals surface area contributed by atoms with Gasteiger partial charge in [-0.3, -0.25) is 0 Å². The minimum absolute atomic E-state index is 0.896. The van der Waals surface area contributed by atoms with Crippen LogP contribution in [0.1, 0.15) is 32.6 Å². The van der Waals surface area contributed by atoms with Gasteiger partial charge in [-0.2, -0.15) is 0 Å². The van der Waals surface area contributed by atoms with E-state index in [1.807, 2.05) is 12.1 Å². The molecule has 0 heterocycles.